The molecule has 0 radical (unpaired) electrons. The highest BCUT2D eigenvalue weighted by atomic mass is 31.1. The molecule has 5 rings (SSSR count). The van der Waals surface area contributed by atoms with E-state index < -0.39 is 0 Å². The molecule has 0 atom stereocenters. The summed E-state index contributed by atoms with van der Waals surface area (Å²) in [5.74, 6) is 0. The van der Waals surface area contributed by atoms with Crippen LogP contribution in [0.3, 0.4) is 0 Å². The van der Waals surface area contributed by atoms with E-state index in [1.165, 1.54) is 0 Å². The highest BCUT2D eigenvalue weighted by Gasteiger charge is 2.15. The van der Waals surface area contributed by atoms with Gasteiger partial charge in [-0.1, -0.05) is 36.4 Å². The first-order chi connectivity index (χ1) is 15.5. The number of hydrogen-bond acceptors (Lipinski definition) is 3. The first-order valence-electron chi connectivity index (χ1n) is 10.4. The Morgan fingerprint density at radius 1 is 0.844 bits per heavy atom. The standard InChI is InChI=1S/C27H21N2O2P/c1-17-8-9-21(16-25(17)29(32-30)22-6-4-3-5-7-22)20-11-13-27-24(15-20)23-14-19(18(2)28)10-12-26(23)31-27/h3-16,28H,1-2H3. The minimum Gasteiger partial charge on any atom is -0.456 e. The van der Waals surface area contributed by atoms with Gasteiger partial charge in [-0.15, -0.1) is 0 Å². The third-order valence-corrected chi connectivity index (χ3v) is 6.37. The number of benzene rings is 4. The maximum atomic E-state index is 12.1. The molecule has 0 fully saturated rings. The van der Waals surface area contributed by atoms with E-state index in [1.807, 2.05) is 67.6 Å². The van der Waals surface area contributed by atoms with Crippen molar-refractivity contribution in [3.8, 4) is 11.1 Å². The zero-order valence-corrected chi connectivity index (χ0v) is 18.7. The van der Waals surface area contributed by atoms with Gasteiger partial charge in [0.2, 0.25) is 0 Å². The number of nitrogens with one attached hydrogen (secondary N) is 1. The molecule has 4 aromatic carbocycles. The van der Waals surface area contributed by atoms with E-state index in [9.17, 15) is 4.57 Å². The number of rotatable bonds is 5. The lowest BCUT2D eigenvalue weighted by molar-refractivity contribution is 0.598. The topological polar surface area (TPSA) is 57.3 Å². The monoisotopic (exact) mass is 436 g/mol. The summed E-state index contributed by atoms with van der Waals surface area (Å²) in [5.41, 5.74) is 7.93. The molecule has 0 bridgehead atoms. The molecule has 5 aromatic rings. The minimum absolute atomic E-state index is 0.0863. The van der Waals surface area contributed by atoms with Crippen molar-refractivity contribution >= 4 is 47.6 Å². The van der Waals surface area contributed by atoms with Crippen LogP contribution >= 0.6 is 8.61 Å². The molecular weight excluding hydrogens is 415 g/mol. The second kappa shape index (κ2) is 8.07. The van der Waals surface area contributed by atoms with Gasteiger partial charge in [-0.25, -0.2) is 4.57 Å². The maximum absolute atomic E-state index is 12.1. The number of nitrogens with zero attached hydrogens (tertiary/aromatic N) is 1. The molecule has 1 N–H and O–H groups in total. The molecule has 0 saturated carbocycles. The average molecular weight is 436 g/mol. The van der Waals surface area contributed by atoms with Gasteiger partial charge in [0.15, 0.2) is 0 Å². The molecule has 32 heavy (non-hydrogen) atoms. The van der Waals surface area contributed by atoms with Crippen LogP contribution < -0.4 is 4.67 Å². The molecule has 0 spiro atoms. The Bertz CT molecular complexity index is 1490. The van der Waals surface area contributed by atoms with Crippen molar-refractivity contribution in [2.45, 2.75) is 13.8 Å². The van der Waals surface area contributed by atoms with Gasteiger partial charge in [0.25, 0.3) is 8.61 Å². The number of aryl methyl sites for hydroxylation is 1. The molecular formula is C27H21N2O2P. The van der Waals surface area contributed by atoms with Crippen molar-refractivity contribution in [1.82, 2.24) is 0 Å². The number of furan rings is 1. The fraction of sp³-hybridized carbons (Fsp3) is 0.0741. The lowest BCUT2D eigenvalue weighted by Gasteiger charge is -2.19. The smallest absolute Gasteiger partial charge is 0.287 e. The van der Waals surface area contributed by atoms with Gasteiger partial charge in [-0.3, -0.25) is 4.67 Å². The van der Waals surface area contributed by atoms with Crippen LogP contribution in [0.5, 0.6) is 0 Å². The predicted molar refractivity (Wildman–Crippen MR) is 133 cm³/mol. The van der Waals surface area contributed by atoms with Crippen LogP contribution in [0.1, 0.15) is 18.1 Å². The molecule has 0 amide bonds. The number of fused-ring (bicyclic) bond motifs is 3. The van der Waals surface area contributed by atoms with E-state index in [0.717, 1.165) is 55.6 Å². The average Bonchev–Trinajstić information content (AvgIpc) is 3.18. The van der Waals surface area contributed by atoms with E-state index >= 15 is 0 Å². The van der Waals surface area contributed by atoms with Crippen molar-refractivity contribution in [2.24, 2.45) is 0 Å². The summed E-state index contributed by atoms with van der Waals surface area (Å²) in [5, 5.41) is 9.98. The molecule has 156 valence electrons. The lowest BCUT2D eigenvalue weighted by Crippen LogP contribution is -2.04. The lowest BCUT2D eigenvalue weighted by atomic mass is 9.99. The molecule has 0 unspecified atom stereocenters. The van der Waals surface area contributed by atoms with Gasteiger partial charge in [0.1, 0.15) is 11.2 Å². The fourth-order valence-corrected chi connectivity index (χ4v) is 4.54. The van der Waals surface area contributed by atoms with Crippen molar-refractivity contribution in [3.63, 3.8) is 0 Å². The summed E-state index contributed by atoms with van der Waals surface area (Å²) in [4.78, 5) is 0. The van der Waals surface area contributed by atoms with Crippen molar-refractivity contribution in [1.29, 1.82) is 5.41 Å². The van der Waals surface area contributed by atoms with Crippen LogP contribution in [0.4, 0.5) is 11.4 Å². The second-order valence-corrected chi connectivity index (χ2v) is 8.44. The Balaban J connectivity index is 1.64. The van der Waals surface area contributed by atoms with E-state index in [2.05, 4.69) is 24.3 Å². The second-order valence-electron chi connectivity index (χ2n) is 7.88. The highest BCUT2D eigenvalue weighted by Crippen LogP contribution is 2.38. The Morgan fingerprint density at radius 2 is 1.50 bits per heavy atom. The third kappa shape index (κ3) is 3.49. The SMILES string of the molecule is CC(=N)c1ccc2oc3ccc(-c4ccc(C)c(N(P=O)c5ccccc5)c4)cc3c2c1. The summed E-state index contributed by atoms with van der Waals surface area (Å²) in [6.45, 7) is 3.81. The normalized spacial score (nSPS) is 11.3. The Labute approximate surface area is 187 Å². The molecule has 0 aliphatic rings. The third-order valence-electron chi connectivity index (χ3n) is 5.76. The molecule has 5 heteroatoms. The van der Waals surface area contributed by atoms with Gasteiger partial charge in [-0.2, -0.15) is 0 Å². The van der Waals surface area contributed by atoms with Crippen LogP contribution in [-0.2, 0) is 4.57 Å². The van der Waals surface area contributed by atoms with Crippen LogP contribution in [-0.4, -0.2) is 5.71 Å². The molecule has 0 saturated heterocycles. The van der Waals surface area contributed by atoms with Crippen LogP contribution in [0, 0.1) is 12.3 Å². The Kier molecular flexibility index (Phi) is 5.08. The Morgan fingerprint density at radius 3 is 2.22 bits per heavy atom. The predicted octanol–water partition coefficient (Wildman–Crippen LogP) is 8.29. The molecule has 0 aliphatic carbocycles. The van der Waals surface area contributed by atoms with E-state index in [-0.39, 0.29) is 8.61 Å². The van der Waals surface area contributed by atoms with E-state index in [4.69, 9.17) is 9.83 Å². The fourth-order valence-electron chi connectivity index (χ4n) is 4.01. The molecule has 0 aliphatic heterocycles. The molecule has 1 aromatic heterocycles. The first kappa shape index (κ1) is 20.2. The van der Waals surface area contributed by atoms with Gasteiger partial charge in [0.05, 0.1) is 11.4 Å². The molecule has 1 heterocycles. The summed E-state index contributed by atoms with van der Waals surface area (Å²) >= 11 is 0. The van der Waals surface area contributed by atoms with Gasteiger partial charge in [-0.05, 0) is 84.6 Å². The highest BCUT2D eigenvalue weighted by molar-refractivity contribution is 7.26. The first-order valence-corrected chi connectivity index (χ1v) is 11.1. The molecule has 4 nitrogen and oxygen atoms in total. The van der Waals surface area contributed by atoms with Gasteiger partial charge in [0, 0.05) is 16.5 Å². The van der Waals surface area contributed by atoms with Crippen LogP contribution in [0.2, 0.25) is 0 Å². The Hall–Kier alpha value is -3.75. The van der Waals surface area contributed by atoms with Gasteiger partial charge < -0.3 is 9.83 Å². The van der Waals surface area contributed by atoms with Crippen molar-refractivity contribution in [2.75, 3.05) is 4.67 Å². The van der Waals surface area contributed by atoms with Crippen molar-refractivity contribution < 1.29 is 8.98 Å². The van der Waals surface area contributed by atoms with Crippen molar-refractivity contribution in [3.05, 3.63) is 96.1 Å². The van der Waals surface area contributed by atoms with Gasteiger partial charge >= 0.3 is 0 Å². The zero-order chi connectivity index (χ0) is 22.2. The minimum atomic E-state index is -0.0863. The summed E-state index contributed by atoms with van der Waals surface area (Å²) in [7, 11) is -0.0863. The van der Waals surface area contributed by atoms with E-state index in [0.29, 0.717) is 5.71 Å². The number of para-hydroxylation sites is 1. The summed E-state index contributed by atoms with van der Waals surface area (Å²) in [6.07, 6.45) is 0. The quantitative estimate of drug-likeness (QED) is 0.223. The number of anilines is 2. The zero-order valence-electron chi connectivity index (χ0n) is 17.8. The summed E-state index contributed by atoms with van der Waals surface area (Å²) < 4.78 is 19.9. The summed E-state index contributed by atoms with van der Waals surface area (Å²) in [6, 6.07) is 28.0. The maximum Gasteiger partial charge on any atom is 0.287 e. The largest absolute Gasteiger partial charge is 0.456 e. The van der Waals surface area contributed by atoms with E-state index in [1.54, 1.807) is 11.6 Å². The van der Waals surface area contributed by atoms with Crippen LogP contribution in [0.15, 0.2) is 89.3 Å². The number of hydrogen-bond donors (Lipinski definition) is 1. The van der Waals surface area contributed by atoms with Crippen LogP contribution in [0.25, 0.3) is 33.1 Å².